The molecule has 0 atom stereocenters. The van der Waals surface area contributed by atoms with Gasteiger partial charge >= 0.3 is 0 Å². The van der Waals surface area contributed by atoms with E-state index in [0.29, 0.717) is 22.7 Å². The number of methoxy groups -OCH3 is 1. The van der Waals surface area contributed by atoms with Crippen molar-refractivity contribution < 1.29 is 14.6 Å². The normalized spacial score (nSPS) is 10.6. The van der Waals surface area contributed by atoms with Gasteiger partial charge in [-0.15, -0.1) is 0 Å². The van der Waals surface area contributed by atoms with Crippen LogP contribution < -0.4 is 16.2 Å². The highest BCUT2D eigenvalue weighted by molar-refractivity contribution is 6.03. The average molecular weight is 338 g/mol. The smallest absolute Gasteiger partial charge is 0.254 e. The van der Waals surface area contributed by atoms with Crippen LogP contribution in [0.2, 0.25) is 0 Å². The lowest BCUT2D eigenvalue weighted by atomic mass is 10.1. The number of carbonyl (C=O) groups excluding carboxylic acids is 1. The lowest BCUT2D eigenvalue weighted by molar-refractivity contribution is 0.100. The number of nitrogens with two attached hydrogens (primary N) is 2. The van der Waals surface area contributed by atoms with Gasteiger partial charge in [-0.3, -0.25) is 4.79 Å². The third-order valence-electron chi connectivity index (χ3n) is 3.95. The second-order valence-electron chi connectivity index (χ2n) is 5.58. The highest BCUT2D eigenvalue weighted by Crippen LogP contribution is 2.31. The summed E-state index contributed by atoms with van der Waals surface area (Å²) in [6.07, 6.45) is 0. The first-order valence-corrected chi connectivity index (χ1v) is 7.55. The predicted octanol–water partition coefficient (Wildman–Crippen LogP) is 2.24. The Kier molecular flexibility index (Phi) is 4.06. The number of nitrogens with zero attached hydrogens (tertiary/aromatic N) is 2. The molecular weight excluding hydrogens is 320 g/mol. The van der Waals surface area contributed by atoms with E-state index in [1.807, 2.05) is 6.92 Å². The fraction of sp³-hybridized carbons (Fsp3) is 0.111. The van der Waals surface area contributed by atoms with Crippen LogP contribution in [0.5, 0.6) is 11.5 Å². The second-order valence-corrected chi connectivity index (χ2v) is 5.58. The van der Waals surface area contributed by atoms with Crippen molar-refractivity contribution in [3.05, 3.63) is 53.6 Å². The summed E-state index contributed by atoms with van der Waals surface area (Å²) < 4.78 is 6.55. The number of rotatable bonds is 4. The SMILES string of the molecule is COc1ccc(-c2nn(-c3cc(O)ccc3C)c(N)c2C(N)=O)cc1. The van der Waals surface area contributed by atoms with Gasteiger partial charge in [0.05, 0.1) is 12.8 Å². The molecule has 128 valence electrons. The van der Waals surface area contributed by atoms with E-state index >= 15 is 0 Å². The molecule has 3 rings (SSSR count). The monoisotopic (exact) mass is 338 g/mol. The number of anilines is 1. The fourth-order valence-corrected chi connectivity index (χ4v) is 2.63. The molecule has 0 spiro atoms. The average Bonchev–Trinajstić information content (AvgIpc) is 2.94. The van der Waals surface area contributed by atoms with Crippen molar-refractivity contribution in [2.75, 3.05) is 12.8 Å². The number of aromatic hydroxyl groups is 1. The second kappa shape index (κ2) is 6.20. The van der Waals surface area contributed by atoms with Crippen LogP contribution in [-0.2, 0) is 0 Å². The standard InChI is InChI=1S/C18H18N4O3/c1-10-3-6-12(23)9-14(10)22-17(19)15(18(20)24)16(21-22)11-4-7-13(25-2)8-5-11/h3-9,23H,19H2,1-2H3,(H2,20,24). The summed E-state index contributed by atoms with van der Waals surface area (Å²) in [5, 5.41) is 14.2. The van der Waals surface area contributed by atoms with Crippen molar-refractivity contribution in [1.82, 2.24) is 9.78 Å². The number of aryl methyl sites for hydroxylation is 1. The Labute approximate surface area is 144 Å². The fourth-order valence-electron chi connectivity index (χ4n) is 2.63. The van der Waals surface area contributed by atoms with Gasteiger partial charge in [-0.2, -0.15) is 5.10 Å². The number of nitrogen functional groups attached to an aromatic ring is 1. The predicted molar refractivity (Wildman–Crippen MR) is 94.9 cm³/mol. The van der Waals surface area contributed by atoms with E-state index in [1.165, 1.54) is 10.7 Å². The van der Waals surface area contributed by atoms with Crippen LogP contribution in [0.1, 0.15) is 15.9 Å². The van der Waals surface area contributed by atoms with Crippen molar-refractivity contribution in [3.8, 4) is 28.4 Å². The molecule has 0 aliphatic rings. The zero-order valence-corrected chi connectivity index (χ0v) is 13.9. The molecule has 0 saturated heterocycles. The van der Waals surface area contributed by atoms with Crippen molar-refractivity contribution >= 4 is 11.7 Å². The maximum absolute atomic E-state index is 12.0. The number of primary amides is 1. The van der Waals surface area contributed by atoms with Gasteiger partial charge in [0.25, 0.3) is 5.91 Å². The summed E-state index contributed by atoms with van der Waals surface area (Å²) in [6, 6.07) is 11.9. The minimum absolute atomic E-state index is 0.0714. The molecule has 0 radical (unpaired) electrons. The van der Waals surface area contributed by atoms with Crippen molar-refractivity contribution in [1.29, 1.82) is 0 Å². The summed E-state index contributed by atoms with van der Waals surface area (Å²) in [4.78, 5) is 12.0. The number of carbonyl (C=O) groups is 1. The van der Waals surface area contributed by atoms with Gasteiger partial charge in [0, 0.05) is 11.6 Å². The van der Waals surface area contributed by atoms with Crippen LogP contribution in [0, 0.1) is 6.92 Å². The molecule has 5 N–H and O–H groups in total. The molecule has 1 heterocycles. The number of hydrogen-bond donors (Lipinski definition) is 3. The molecule has 25 heavy (non-hydrogen) atoms. The third kappa shape index (κ3) is 2.87. The molecule has 3 aromatic rings. The van der Waals surface area contributed by atoms with Crippen molar-refractivity contribution in [2.24, 2.45) is 5.73 Å². The number of benzene rings is 2. The summed E-state index contributed by atoms with van der Waals surface area (Å²) in [7, 11) is 1.57. The molecular formula is C18H18N4O3. The molecule has 0 aliphatic heterocycles. The minimum Gasteiger partial charge on any atom is -0.508 e. The third-order valence-corrected chi connectivity index (χ3v) is 3.95. The molecule has 0 fully saturated rings. The van der Waals surface area contributed by atoms with E-state index in [9.17, 15) is 9.90 Å². The molecule has 7 nitrogen and oxygen atoms in total. The Morgan fingerprint density at radius 2 is 1.88 bits per heavy atom. The number of amides is 1. The summed E-state index contributed by atoms with van der Waals surface area (Å²) in [5.74, 6) is 0.196. The van der Waals surface area contributed by atoms with E-state index < -0.39 is 5.91 Å². The maximum Gasteiger partial charge on any atom is 0.254 e. The van der Waals surface area contributed by atoms with E-state index in [1.54, 1.807) is 43.5 Å². The first kappa shape index (κ1) is 16.4. The van der Waals surface area contributed by atoms with Crippen LogP contribution in [-0.4, -0.2) is 27.9 Å². The van der Waals surface area contributed by atoms with Crippen LogP contribution in [0.4, 0.5) is 5.82 Å². The van der Waals surface area contributed by atoms with Crippen molar-refractivity contribution in [3.63, 3.8) is 0 Å². The summed E-state index contributed by atoms with van der Waals surface area (Å²) >= 11 is 0. The minimum atomic E-state index is -0.674. The Morgan fingerprint density at radius 3 is 2.48 bits per heavy atom. The quantitative estimate of drug-likeness (QED) is 0.674. The molecule has 7 heteroatoms. The van der Waals surface area contributed by atoms with E-state index in [2.05, 4.69) is 5.10 Å². The first-order chi connectivity index (χ1) is 11.9. The van der Waals surface area contributed by atoms with Gasteiger partial charge in [0.1, 0.15) is 28.6 Å². The Morgan fingerprint density at radius 1 is 1.20 bits per heavy atom. The number of hydrogen-bond acceptors (Lipinski definition) is 5. The topological polar surface area (TPSA) is 116 Å². The zero-order chi connectivity index (χ0) is 18.1. The van der Waals surface area contributed by atoms with Crippen molar-refractivity contribution in [2.45, 2.75) is 6.92 Å². The molecule has 1 aromatic heterocycles. The zero-order valence-electron chi connectivity index (χ0n) is 13.9. The van der Waals surface area contributed by atoms with Gasteiger partial charge in [0.15, 0.2) is 0 Å². The highest BCUT2D eigenvalue weighted by Gasteiger charge is 2.23. The number of phenols is 1. The summed E-state index contributed by atoms with van der Waals surface area (Å²) in [5.41, 5.74) is 14.3. The lowest BCUT2D eigenvalue weighted by Gasteiger charge is -2.08. The van der Waals surface area contributed by atoms with Gasteiger partial charge in [-0.05, 0) is 42.8 Å². The lowest BCUT2D eigenvalue weighted by Crippen LogP contribution is -2.14. The van der Waals surface area contributed by atoms with E-state index in [-0.39, 0.29) is 17.1 Å². The molecule has 1 amide bonds. The van der Waals surface area contributed by atoms with Gasteiger partial charge in [-0.25, -0.2) is 4.68 Å². The maximum atomic E-state index is 12.0. The van der Waals surface area contributed by atoms with Crippen LogP contribution in [0.3, 0.4) is 0 Å². The summed E-state index contributed by atoms with van der Waals surface area (Å²) in [6.45, 7) is 1.85. The van der Waals surface area contributed by atoms with Gasteiger partial charge < -0.3 is 21.3 Å². The number of ether oxygens (including phenoxy) is 1. The Bertz CT molecular complexity index is 946. The van der Waals surface area contributed by atoms with Crippen LogP contribution in [0.25, 0.3) is 16.9 Å². The van der Waals surface area contributed by atoms with E-state index in [4.69, 9.17) is 16.2 Å². The number of aromatic nitrogens is 2. The van der Waals surface area contributed by atoms with E-state index in [0.717, 1.165) is 5.56 Å². The number of phenolic OH excluding ortho intramolecular Hbond substituents is 1. The largest absolute Gasteiger partial charge is 0.508 e. The van der Waals surface area contributed by atoms with Crippen LogP contribution >= 0.6 is 0 Å². The highest BCUT2D eigenvalue weighted by atomic mass is 16.5. The van der Waals surface area contributed by atoms with Crippen LogP contribution in [0.15, 0.2) is 42.5 Å². The Balaban J connectivity index is 2.22. The Hall–Kier alpha value is -3.48. The van der Waals surface area contributed by atoms with Gasteiger partial charge in [0.2, 0.25) is 0 Å². The molecule has 0 bridgehead atoms. The first-order valence-electron chi connectivity index (χ1n) is 7.55. The molecule has 2 aromatic carbocycles. The van der Waals surface area contributed by atoms with Gasteiger partial charge in [-0.1, -0.05) is 6.07 Å². The molecule has 0 aliphatic carbocycles. The molecule has 0 unspecified atom stereocenters. The molecule has 0 saturated carbocycles.